The molecular formula is C39H46N4O5Se2. The van der Waals surface area contributed by atoms with Crippen LogP contribution in [0.15, 0.2) is 62.2 Å². The van der Waals surface area contributed by atoms with Gasteiger partial charge in [0.05, 0.1) is 0 Å². The number of fused-ring (bicyclic) bond motifs is 4. The maximum absolute atomic E-state index is 13.9. The Hall–Kier alpha value is -2.71. The van der Waals surface area contributed by atoms with Gasteiger partial charge in [-0.15, -0.1) is 0 Å². The zero-order valence-electron chi connectivity index (χ0n) is 28.6. The van der Waals surface area contributed by atoms with Crippen LogP contribution in [0.4, 0.5) is 0 Å². The maximum atomic E-state index is 13.9. The molecule has 264 valence electrons. The van der Waals surface area contributed by atoms with Crippen LogP contribution in [0.3, 0.4) is 0 Å². The Bertz CT molecular complexity index is 1730. The molecule has 2 aromatic rings. The van der Waals surface area contributed by atoms with Crippen LogP contribution >= 0.6 is 0 Å². The molecule has 2 saturated heterocycles. The van der Waals surface area contributed by atoms with Gasteiger partial charge in [-0.3, -0.25) is 0 Å². The molecule has 8 unspecified atom stereocenters. The first-order valence-electron chi connectivity index (χ1n) is 18.7. The summed E-state index contributed by atoms with van der Waals surface area (Å²) < 4.78 is 12.1. The Morgan fingerprint density at radius 2 is 1.26 bits per heavy atom. The molecule has 9 nitrogen and oxygen atoms in total. The van der Waals surface area contributed by atoms with Crippen LogP contribution in [0.25, 0.3) is 5.70 Å². The quantitative estimate of drug-likeness (QED) is 0.310. The van der Waals surface area contributed by atoms with Crippen molar-refractivity contribution in [3.8, 4) is 0 Å². The van der Waals surface area contributed by atoms with Crippen molar-refractivity contribution in [3.63, 3.8) is 0 Å². The van der Waals surface area contributed by atoms with Gasteiger partial charge in [0.15, 0.2) is 0 Å². The Morgan fingerprint density at radius 1 is 0.700 bits per heavy atom. The minimum absolute atomic E-state index is 0.111. The summed E-state index contributed by atoms with van der Waals surface area (Å²) in [6.45, 7) is 5.65. The van der Waals surface area contributed by atoms with E-state index < -0.39 is 0 Å². The third kappa shape index (κ3) is 5.84. The van der Waals surface area contributed by atoms with Gasteiger partial charge in [-0.25, -0.2) is 0 Å². The van der Waals surface area contributed by atoms with Crippen molar-refractivity contribution in [2.45, 2.75) is 87.7 Å². The molecule has 50 heavy (non-hydrogen) atoms. The van der Waals surface area contributed by atoms with Crippen LogP contribution in [0.2, 0.25) is 10.6 Å². The van der Waals surface area contributed by atoms with Crippen molar-refractivity contribution in [2.24, 2.45) is 56.3 Å². The van der Waals surface area contributed by atoms with Crippen molar-refractivity contribution in [3.05, 3.63) is 54.9 Å². The molecule has 2 aromatic heterocycles. The average molecular weight is 809 g/mol. The Balaban J connectivity index is 0.000000147. The van der Waals surface area contributed by atoms with Gasteiger partial charge in [-0.1, -0.05) is 0 Å². The van der Waals surface area contributed by atoms with E-state index in [0.29, 0.717) is 11.7 Å². The summed E-state index contributed by atoms with van der Waals surface area (Å²) in [5, 5.41) is 2.04. The molecule has 4 heterocycles. The molecule has 6 aliphatic carbocycles. The molecule has 2 aliphatic heterocycles. The summed E-state index contributed by atoms with van der Waals surface area (Å²) in [5.74, 6) is 5.77. The van der Waals surface area contributed by atoms with E-state index in [0.717, 1.165) is 113 Å². The third-order valence-corrected chi connectivity index (χ3v) is 17.4. The SMILES string of the molecule is C=C(c1ccco1)N1CC[Se]C1=NC(=O)c1ccco1.O=C(N=C1[Se]CCN1C(=O)C12CC3CCC(C1)C(C3)C2)C12CC3CCC(C1)C(C3)C2. The Labute approximate surface area is 306 Å². The molecular weight excluding hydrogens is 762 g/mol. The van der Waals surface area contributed by atoms with E-state index in [1.807, 2.05) is 21.9 Å². The molecule has 0 N–H and O–H groups in total. The molecule has 8 aliphatic rings. The van der Waals surface area contributed by atoms with Crippen molar-refractivity contribution in [1.29, 1.82) is 0 Å². The molecule has 11 heteroatoms. The number of carbonyl (C=O) groups excluding carboxylic acids is 3. The number of aliphatic imine (C=N–C) groups is 2. The summed E-state index contributed by atoms with van der Waals surface area (Å²) >= 11 is 0.355. The van der Waals surface area contributed by atoms with Gasteiger partial charge in [0.25, 0.3) is 0 Å². The number of hydrogen-bond acceptors (Lipinski definition) is 5. The fraction of sp³-hybridized carbons (Fsp3) is 0.615. The van der Waals surface area contributed by atoms with Crippen LogP contribution in [0.5, 0.6) is 0 Å². The van der Waals surface area contributed by atoms with Gasteiger partial charge >= 0.3 is 308 Å². The molecule has 0 spiro atoms. The second-order valence-corrected chi connectivity index (χ2v) is 20.7. The van der Waals surface area contributed by atoms with Crippen LogP contribution < -0.4 is 0 Å². The standard InChI is InChI=1S/C25H34N2O2Se.C14H12N2O3Se/c28-21(24-9-15-1-3-17(11-24)19(7-15)13-24)26-23-27(5-6-30-23)22(29)25-10-16-2-4-18(12-25)20(8-16)14-25;1-10(11-4-2-7-18-11)16-6-9-20-14(16)15-13(17)12-5-3-8-19-12/h15-20H,1-14H2;2-5,7-8H,1,6,9H2. The van der Waals surface area contributed by atoms with E-state index in [9.17, 15) is 14.4 Å². The number of rotatable bonds is 5. The summed E-state index contributed by atoms with van der Waals surface area (Å²) in [7, 11) is 0. The van der Waals surface area contributed by atoms with Gasteiger partial charge in [0, 0.05) is 0 Å². The second kappa shape index (κ2) is 13.1. The van der Waals surface area contributed by atoms with E-state index in [1.165, 1.54) is 44.8 Å². The molecule has 6 saturated carbocycles. The molecule has 6 bridgehead atoms. The van der Waals surface area contributed by atoms with E-state index in [4.69, 9.17) is 13.8 Å². The first kappa shape index (κ1) is 33.1. The number of amidine groups is 2. The molecule has 8 fully saturated rings. The predicted molar refractivity (Wildman–Crippen MR) is 191 cm³/mol. The number of carbonyl (C=O) groups is 3. The summed E-state index contributed by atoms with van der Waals surface area (Å²) in [4.78, 5) is 52.3. The Kier molecular flexibility index (Phi) is 8.65. The van der Waals surface area contributed by atoms with Gasteiger partial charge in [0.2, 0.25) is 0 Å². The van der Waals surface area contributed by atoms with E-state index in [1.54, 1.807) is 18.4 Å². The van der Waals surface area contributed by atoms with Crippen molar-refractivity contribution < 1.29 is 23.2 Å². The molecule has 3 amide bonds. The number of furan rings is 2. The van der Waals surface area contributed by atoms with Crippen molar-refractivity contribution >= 4 is 62.8 Å². The molecule has 0 radical (unpaired) electrons. The fourth-order valence-corrected chi connectivity index (χ4v) is 15.4. The average Bonchev–Trinajstić information content (AvgIpc) is 3.96. The van der Waals surface area contributed by atoms with Crippen molar-refractivity contribution in [2.75, 3.05) is 13.1 Å². The number of amides is 3. The van der Waals surface area contributed by atoms with Gasteiger partial charge in [-0.05, 0) is 0 Å². The van der Waals surface area contributed by atoms with Crippen LogP contribution in [-0.4, -0.2) is 80.0 Å². The number of nitrogens with zero attached hydrogens (tertiary/aromatic N) is 4. The van der Waals surface area contributed by atoms with Crippen LogP contribution in [0.1, 0.15) is 93.4 Å². The minimum atomic E-state index is -0.356. The van der Waals surface area contributed by atoms with E-state index in [-0.39, 0.29) is 58.3 Å². The second-order valence-electron chi connectivity index (χ2n) is 16.3. The first-order valence-corrected chi connectivity index (χ1v) is 22.8. The fourth-order valence-electron chi connectivity index (χ4n) is 11.4. The number of hydrogen-bond donors (Lipinski definition) is 0. The first-order chi connectivity index (χ1) is 24.3. The van der Waals surface area contributed by atoms with Gasteiger partial charge < -0.3 is 0 Å². The van der Waals surface area contributed by atoms with E-state index in [2.05, 4.69) is 11.6 Å². The predicted octanol–water partition coefficient (Wildman–Crippen LogP) is 6.74. The zero-order valence-corrected chi connectivity index (χ0v) is 32.0. The normalized spacial score (nSPS) is 37.8. The van der Waals surface area contributed by atoms with Gasteiger partial charge in [-0.2, -0.15) is 0 Å². The summed E-state index contributed by atoms with van der Waals surface area (Å²) in [6.07, 6.45) is 17.7. The summed E-state index contributed by atoms with van der Waals surface area (Å²) in [5.41, 5.74) is 0.454. The molecule has 8 atom stereocenters. The topological polar surface area (TPSA) is 109 Å². The van der Waals surface area contributed by atoms with Crippen LogP contribution in [-0.2, 0) is 9.59 Å². The molecule has 0 aromatic carbocycles. The van der Waals surface area contributed by atoms with Gasteiger partial charge in [0.1, 0.15) is 0 Å². The van der Waals surface area contributed by atoms with E-state index >= 15 is 0 Å². The monoisotopic (exact) mass is 810 g/mol. The zero-order chi connectivity index (χ0) is 34.0. The molecule has 10 rings (SSSR count). The Morgan fingerprint density at radius 3 is 1.92 bits per heavy atom. The summed E-state index contributed by atoms with van der Waals surface area (Å²) in [6, 6.07) is 6.94. The van der Waals surface area contributed by atoms with Crippen LogP contribution in [0, 0.1) is 46.3 Å². The van der Waals surface area contributed by atoms with Crippen molar-refractivity contribution in [1.82, 2.24) is 9.80 Å². The third-order valence-electron chi connectivity index (χ3n) is 13.4.